The molecule has 3 heterocycles. The molecular formula is C15H15N5. The van der Waals surface area contributed by atoms with Crippen LogP contribution in [0.2, 0.25) is 0 Å². The quantitative estimate of drug-likeness (QED) is 0.834. The molecule has 0 aromatic carbocycles. The molecule has 2 aromatic heterocycles. The summed E-state index contributed by atoms with van der Waals surface area (Å²) in [5, 5.41) is 16.8. The van der Waals surface area contributed by atoms with E-state index in [2.05, 4.69) is 26.1 Å². The van der Waals surface area contributed by atoms with E-state index in [-0.39, 0.29) is 6.04 Å². The van der Waals surface area contributed by atoms with Crippen LogP contribution in [0.15, 0.2) is 30.3 Å². The molecule has 0 N–H and O–H groups in total. The van der Waals surface area contributed by atoms with E-state index in [1.54, 1.807) is 6.07 Å². The van der Waals surface area contributed by atoms with E-state index in [4.69, 9.17) is 5.26 Å². The number of nitriles is 1. The van der Waals surface area contributed by atoms with Crippen LogP contribution in [-0.4, -0.2) is 21.7 Å². The Hall–Kier alpha value is -2.48. The van der Waals surface area contributed by atoms with Crippen molar-refractivity contribution in [1.29, 1.82) is 5.26 Å². The largest absolute Gasteiger partial charge is 0.347 e. The molecule has 1 aliphatic rings. The highest BCUT2D eigenvalue weighted by atomic mass is 15.3. The van der Waals surface area contributed by atoms with Crippen molar-refractivity contribution in [1.82, 2.24) is 15.2 Å². The molecule has 0 radical (unpaired) electrons. The second-order valence-electron chi connectivity index (χ2n) is 4.94. The van der Waals surface area contributed by atoms with E-state index in [1.807, 2.05) is 31.2 Å². The molecule has 0 bridgehead atoms. The van der Waals surface area contributed by atoms with Crippen LogP contribution >= 0.6 is 0 Å². The van der Waals surface area contributed by atoms with Gasteiger partial charge in [0.1, 0.15) is 6.07 Å². The van der Waals surface area contributed by atoms with Gasteiger partial charge < -0.3 is 4.90 Å². The first-order valence-electron chi connectivity index (χ1n) is 6.72. The summed E-state index contributed by atoms with van der Waals surface area (Å²) < 4.78 is 0. The van der Waals surface area contributed by atoms with Crippen LogP contribution in [0.1, 0.15) is 36.0 Å². The highest BCUT2D eigenvalue weighted by Crippen LogP contribution is 2.33. The fraction of sp³-hybridized carbons (Fsp3) is 0.333. The second kappa shape index (κ2) is 5.25. The minimum atomic E-state index is 0.247. The monoisotopic (exact) mass is 265 g/mol. The summed E-state index contributed by atoms with van der Waals surface area (Å²) >= 11 is 0. The molecule has 100 valence electrons. The molecule has 3 rings (SSSR count). The van der Waals surface area contributed by atoms with E-state index in [0.29, 0.717) is 5.69 Å². The number of nitrogens with zero attached hydrogens (tertiary/aromatic N) is 5. The Labute approximate surface area is 117 Å². The van der Waals surface area contributed by atoms with Crippen molar-refractivity contribution >= 4 is 5.82 Å². The molecule has 5 nitrogen and oxygen atoms in total. The average Bonchev–Trinajstić information content (AvgIpc) is 2.97. The number of hydrogen-bond donors (Lipinski definition) is 0. The lowest BCUT2D eigenvalue weighted by Crippen LogP contribution is -2.24. The first kappa shape index (κ1) is 12.5. The van der Waals surface area contributed by atoms with Gasteiger partial charge in [0.05, 0.1) is 11.7 Å². The van der Waals surface area contributed by atoms with Gasteiger partial charge in [0.2, 0.25) is 0 Å². The fourth-order valence-electron chi connectivity index (χ4n) is 2.64. The predicted octanol–water partition coefficient (Wildman–Crippen LogP) is 2.39. The lowest BCUT2D eigenvalue weighted by Gasteiger charge is -2.24. The van der Waals surface area contributed by atoms with Gasteiger partial charge in [-0.05, 0) is 44.0 Å². The normalized spacial score (nSPS) is 18.0. The zero-order valence-electron chi connectivity index (χ0n) is 11.3. The van der Waals surface area contributed by atoms with Crippen molar-refractivity contribution in [2.24, 2.45) is 0 Å². The molecule has 2 aromatic rings. The Bertz CT molecular complexity index is 644. The lowest BCUT2D eigenvalue weighted by atomic mass is 10.1. The Morgan fingerprint density at radius 3 is 2.85 bits per heavy atom. The molecule has 0 amide bonds. The van der Waals surface area contributed by atoms with Gasteiger partial charge in [-0.2, -0.15) is 5.26 Å². The maximum absolute atomic E-state index is 8.78. The number of rotatable bonds is 2. The number of aromatic nitrogens is 3. The third-order valence-electron chi connectivity index (χ3n) is 3.56. The molecule has 0 aliphatic carbocycles. The van der Waals surface area contributed by atoms with Crippen LogP contribution in [0.25, 0.3) is 0 Å². The van der Waals surface area contributed by atoms with Crippen molar-refractivity contribution in [2.45, 2.75) is 25.8 Å². The van der Waals surface area contributed by atoms with E-state index >= 15 is 0 Å². The topological polar surface area (TPSA) is 65.7 Å². The van der Waals surface area contributed by atoms with Crippen LogP contribution in [0.3, 0.4) is 0 Å². The highest BCUT2D eigenvalue weighted by molar-refractivity contribution is 5.43. The number of anilines is 1. The fourth-order valence-corrected chi connectivity index (χ4v) is 2.64. The van der Waals surface area contributed by atoms with Gasteiger partial charge in [-0.25, -0.2) is 0 Å². The number of aryl methyl sites for hydroxylation is 1. The van der Waals surface area contributed by atoms with Crippen molar-refractivity contribution in [3.63, 3.8) is 0 Å². The SMILES string of the molecule is Cc1cccc(C2CCCN2c2ccc(C#N)nn2)n1. The van der Waals surface area contributed by atoms with Gasteiger partial charge in [-0.3, -0.25) is 4.98 Å². The Morgan fingerprint density at radius 1 is 1.25 bits per heavy atom. The van der Waals surface area contributed by atoms with Gasteiger partial charge in [0.15, 0.2) is 11.5 Å². The van der Waals surface area contributed by atoms with Gasteiger partial charge in [-0.15, -0.1) is 10.2 Å². The van der Waals surface area contributed by atoms with Crippen LogP contribution in [0, 0.1) is 18.3 Å². The molecule has 1 saturated heterocycles. The standard InChI is InChI=1S/C15H15N5/c1-11-4-2-5-13(17-11)14-6-3-9-20(14)15-8-7-12(10-16)18-19-15/h2,4-5,7-8,14H,3,6,9H2,1H3. The third kappa shape index (κ3) is 2.32. The summed E-state index contributed by atoms with van der Waals surface area (Å²) in [6.07, 6.45) is 2.18. The van der Waals surface area contributed by atoms with Crippen molar-refractivity contribution in [2.75, 3.05) is 11.4 Å². The third-order valence-corrected chi connectivity index (χ3v) is 3.56. The first-order valence-corrected chi connectivity index (χ1v) is 6.72. The first-order chi connectivity index (χ1) is 9.78. The van der Waals surface area contributed by atoms with Crippen molar-refractivity contribution in [3.8, 4) is 6.07 Å². The van der Waals surface area contributed by atoms with E-state index < -0.39 is 0 Å². The molecule has 0 spiro atoms. The molecular weight excluding hydrogens is 250 g/mol. The molecule has 5 heteroatoms. The van der Waals surface area contributed by atoms with E-state index in [1.165, 1.54) is 0 Å². The van der Waals surface area contributed by atoms with Gasteiger partial charge in [0.25, 0.3) is 0 Å². The maximum atomic E-state index is 8.78. The molecule has 1 atom stereocenters. The van der Waals surface area contributed by atoms with E-state index in [9.17, 15) is 0 Å². The van der Waals surface area contributed by atoms with Crippen LogP contribution < -0.4 is 4.90 Å². The van der Waals surface area contributed by atoms with Gasteiger partial charge in [0, 0.05) is 12.2 Å². The van der Waals surface area contributed by atoms with Crippen molar-refractivity contribution < 1.29 is 0 Å². The minimum absolute atomic E-state index is 0.247. The summed E-state index contributed by atoms with van der Waals surface area (Å²) in [6, 6.07) is 11.9. The average molecular weight is 265 g/mol. The molecule has 1 unspecified atom stereocenters. The number of hydrogen-bond acceptors (Lipinski definition) is 5. The zero-order chi connectivity index (χ0) is 13.9. The second-order valence-corrected chi connectivity index (χ2v) is 4.94. The summed E-state index contributed by atoms with van der Waals surface area (Å²) in [5.74, 6) is 0.815. The highest BCUT2D eigenvalue weighted by Gasteiger charge is 2.28. The van der Waals surface area contributed by atoms with Crippen LogP contribution in [-0.2, 0) is 0 Å². The summed E-state index contributed by atoms with van der Waals surface area (Å²) in [6.45, 7) is 2.95. The van der Waals surface area contributed by atoms with Crippen molar-refractivity contribution in [3.05, 3.63) is 47.4 Å². The van der Waals surface area contributed by atoms with Crippen LogP contribution in [0.5, 0.6) is 0 Å². The van der Waals surface area contributed by atoms with E-state index in [0.717, 1.165) is 36.6 Å². The van der Waals surface area contributed by atoms with Gasteiger partial charge >= 0.3 is 0 Å². The van der Waals surface area contributed by atoms with Gasteiger partial charge in [-0.1, -0.05) is 6.07 Å². The lowest BCUT2D eigenvalue weighted by molar-refractivity contribution is 0.680. The maximum Gasteiger partial charge on any atom is 0.163 e. The zero-order valence-corrected chi connectivity index (χ0v) is 11.3. The Morgan fingerprint density at radius 2 is 2.15 bits per heavy atom. The summed E-state index contributed by atoms with van der Waals surface area (Å²) in [4.78, 5) is 6.84. The summed E-state index contributed by atoms with van der Waals surface area (Å²) in [5.41, 5.74) is 2.45. The molecule has 1 fully saturated rings. The minimum Gasteiger partial charge on any atom is -0.347 e. The molecule has 1 aliphatic heterocycles. The predicted molar refractivity (Wildman–Crippen MR) is 75.0 cm³/mol. The molecule has 20 heavy (non-hydrogen) atoms. The summed E-state index contributed by atoms with van der Waals surface area (Å²) in [7, 11) is 0. The Kier molecular flexibility index (Phi) is 3.30. The van der Waals surface area contributed by atoms with Crippen LogP contribution in [0.4, 0.5) is 5.82 Å². The number of pyridine rings is 1. The Balaban J connectivity index is 1.90. The smallest absolute Gasteiger partial charge is 0.163 e. The molecule has 0 saturated carbocycles.